The van der Waals surface area contributed by atoms with Crippen molar-refractivity contribution in [1.82, 2.24) is 15.4 Å². The number of amides is 1. The Morgan fingerprint density at radius 2 is 1.55 bits per heavy atom. The minimum absolute atomic E-state index is 0.0692. The minimum Gasteiger partial charge on any atom is -0.334 e. The monoisotopic (exact) mass is 463 g/mol. The number of rotatable bonds is 7. The topological polar surface area (TPSA) is 165 Å². The van der Waals surface area contributed by atoms with Crippen LogP contribution in [-0.4, -0.2) is 25.7 Å². The molecule has 0 saturated heterocycles. The first-order valence-corrected chi connectivity index (χ1v) is 8.81. The fraction of sp³-hybridized carbons (Fsp3) is 0.0556. The summed E-state index contributed by atoms with van der Waals surface area (Å²) < 4.78 is 38.1. The highest BCUT2D eigenvalue weighted by molar-refractivity contribution is 5.98. The maximum Gasteiger partial charge on any atom is 0.416 e. The smallest absolute Gasteiger partial charge is 0.334 e. The van der Waals surface area contributed by atoms with Crippen LogP contribution in [0.5, 0.6) is 0 Å². The van der Waals surface area contributed by atoms with Crippen molar-refractivity contribution in [2.24, 2.45) is 0 Å². The van der Waals surface area contributed by atoms with E-state index in [-0.39, 0.29) is 17.1 Å². The lowest BCUT2D eigenvalue weighted by molar-refractivity contribution is -0.385. The van der Waals surface area contributed by atoms with Crippen molar-refractivity contribution in [1.29, 1.82) is 0 Å². The molecule has 3 rings (SSSR count). The number of alkyl halides is 3. The van der Waals surface area contributed by atoms with Gasteiger partial charge in [-0.1, -0.05) is 12.1 Å². The van der Waals surface area contributed by atoms with Crippen molar-refractivity contribution >= 4 is 34.6 Å². The number of hydrogen-bond acceptors (Lipinski definition) is 9. The number of nitrogens with zero attached hydrogens (tertiary/aromatic N) is 4. The third kappa shape index (κ3) is 5.27. The van der Waals surface area contributed by atoms with Gasteiger partial charge in [0.15, 0.2) is 0 Å². The van der Waals surface area contributed by atoms with E-state index >= 15 is 0 Å². The quantitative estimate of drug-likeness (QED) is 0.349. The van der Waals surface area contributed by atoms with Gasteiger partial charge in [-0.2, -0.15) is 13.2 Å². The Bertz CT molecular complexity index is 1220. The molecule has 3 N–H and O–H groups in total. The highest BCUT2D eigenvalue weighted by Crippen LogP contribution is 2.33. The van der Waals surface area contributed by atoms with Crippen molar-refractivity contribution in [3.8, 4) is 0 Å². The third-order valence-electron chi connectivity index (χ3n) is 4.12. The molecule has 0 unspecified atom stereocenters. The molecule has 170 valence electrons. The zero-order valence-corrected chi connectivity index (χ0v) is 16.2. The average Bonchev–Trinajstić information content (AvgIpc) is 2.77. The van der Waals surface area contributed by atoms with E-state index in [0.717, 1.165) is 36.7 Å². The van der Waals surface area contributed by atoms with Crippen LogP contribution in [0, 0.1) is 20.2 Å². The molecule has 0 fully saturated rings. The van der Waals surface area contributed by atoms with Crippen molar-refractivity contribution in [2.75, 3.05) is 10.7 Å². The Kier molecular flexibility index (Phi) is 6.32. The van der Waals surface area contributed by atoms with Crippen LogP contribution in [0.15, 0.2) is 54.9 Å². The fourth-order valence-electron chi connectivity index (χ4n) is 2.62. The number of nitrogens with one attached hydrogen (secondary N) is 3. The van der Waals surface area contributed by atoms with Crippen molar-refractivity contribution in [3.63, 3.8) is 0 Å². The van der Waals surface area contributed by atoms with Crippen molar-refractivity contribution < 1.29 is 27.8 Å². The zero-order chi connectivity index (χ0) is 24.2. The van der Waals surface area contributed by atoms with Crippen LogP contribution in [-0.2, 0) is 6.18 Å². The van der Waals surface area contributed by atoms with Crippen LogP contribution in [0.25, 0.3) is 0 Å². The number of hydrazine groups is 1. The SMILES string of the molecule is O=C(NNc1ncnc(Nc2ccc(C(F)(F)F)cc2)c1[N+](=O)[O-])c1ccccc1[N+](=O)[O-]. The molecule has 15 heteroatoms. The van der Waals surface area contributed by atoms with Crippen LogP contribution < -0.4 is 16.2 Å². The number of carbonyl (C=O) groups excluding carboxylic acids is 1. The Hall–Kier alpha value is -4.82. The Balaban J connectivity index is 1.83. The van der Waals surface area contributed by atoms with E-state index in [1.165, 1.54) is 18.2 Å². The predicted octanol–water partition coefficient (Wildman–Crippen LogP) is 3.81. The molecule has 0 radical (unpaired) electrons. The molecule has 1 heterocycles. The van der Waals surface area contributed by atoms with Crippen LogP contribution in [0.4, 0.5) is 41.9 Å². The van der Waals surface area contributed by atoms with Gasteiger partial charge >= 0.3 is 11.9 Å². The molecule has 0 aliphatic heterocycles. The average molecular weight is 463 g/mol. The maximum absolute atomic E-state index is 12.7. The molecule has 12 nitrogen and oxygen atoms in total. The van der Waals surface area contributed by atoms with Gasteiger partial charge in [0.25, 0.3) is 11.6 Å². The number of aromatic nitrogens is 2. The van der Waals surface area contributed by atoms with Gasteiger partial charge in [0.1, 0.15) is 11.9 Å². The minimum atomic E-state index is -4.55. The first-order valence-electron chi connectivity index (χ1n) is 8.81. The number of anilines is 3. The van der Waals surface area contributed by atoms with Gasteiger partial charge in [0.05, 0.1) is 15.4 Å². The molecule has 0 bridgehead atoms. The van der Waals surface area contributed by atoms with Gasteiger partial charge in [-0.05, 0) is 30.3 Å². The number of halogens is 3. The zero-order valence-electron chi connectivity index (χ0n) is 16.2. The maximum atomic E-state index is 12.7. The highest BCUT2D eigenvalue weighted by atomic mass is 19.4. The number of hydrogen-bond donors (Lipinski definition) is 3. The summed E-state index contributed by atoms with van der Waals surface area (Å²) in [4.78, 5) is 40.7. The second kappa shape index (κ2) is 9.13. The molecule has 2 aromatic carbocycles. The highest BCUT2D eigenvalue weighted by Gasteiger charge is 2.30. The standard InChI is InChI=1S/C18H12F3N7O5/c19-18(20,21)10-5-7-11(8-6-10)24-15-14(28(32)33)16(23-9-22-15)25-26-17(29)12-3-1-2-4-13(12)27(30)31/h1-9H,(H,26,29)(H2,22,23,24,25). The summed E-state index contributed by atoms with van der Waals surface area (Å²) in [5.74, 6) is -1.82. The molecule has 1 aromatic heterocycles. The molecule has 0 saturated carbocycles. The predicted molar refractivity (Wildman–Crippen MR) is 108 cm³/mol. The Labute approximate surface area is 181 Å². The molecule has 1 amide bonds. The normalized spacial score (nSPS) is 10.9. The number of benzene rings is 2. The van der Waals surface area contributed by atoms with Gasteiger partial charge < -0.3 is 5.32 Å². The third-order valence-corrected chi connectivity index (χ3v) is 4.12. The summed E-state index contributed by atoms with van der Waals surface area (Å²) >= 11 is 0. The van der Waals surface area contributed by atoms with Crippen LogP contribution in [0.1, 0.15) is 15.9 Å². The molecular formula is C18H12F3N7O5. The molecule has 33 heavy (non-hydrogen) atoms. The first-order chi connectivity index (χ1) is 15.6. The van der Waals surface area contributed by atoms with Crippen LogP contribution in [0.2, 0.25) is 0 Å². The molecule has 0 spiro atoms. The molecule has 3 aromatic rings. The van der Waals surface area contributed by atoms with E-state index in [4.69, 9.17) is 0 Å². The fourth-order valence-corrected chi connectivity index (χ4v) is 2.62. The van der Waals surface area contributed by atoms with Gasteiger partial charge in [0, 0.05) is 11.8 Å². The first kappa shape index (κ1) is 22.9. The largest absolute Gasteiger partial charge is 0.416 e. The van der Waals surface area contributed by atoms with E-state index < -0.39 is 44.7 Å². The van der Waals surface area contributed by atoms with Crippen LogP contribution in [0.3, 0.4) is 0 Å². The summed E-state index contributed by atoms with van der Waals surface area (Å²) in [5.41, 5.74) is 1.91. The van der Waals surface area contributed by atoms with E-state index in [1.807, 2.05) is 0 Å². The summed E-state index contributed by atoms with van der Waals surface area (Å²) in [6.07, 6.45) is -3.65. The molecule has 0 atom stereocenters. The Morgan fingerprint density at radius 3 is 2.15 bits per heavy atom. The summed E-state index contributed by atoms with van der Waals surface area (Å²) in [6.45, 7) is 0. The number of para-hydroxylation sites is 1. The molecule has 0 aliphatic carbocycles. The van der Waals surface area contributed by atoms with Crippen molar-refractivity contribution in [3.05, 3.63) is 86.2 Å². The summed E-state index contributed by atoms with van der Waals surface area (Å²) in [6, 6.07) is 8.70. The van der Waals surface area contributed by atoms with Gasteiger partial charge in [-0.3, -0.25) is 35.9 Å². The number of carbonyl (C=O) groups is 1. The summed E-state index contributed by atoms with van der Waals surface area (Å²) in [5, 5.41) is 25.1. The Morgan fingerprint density at radius 1 is 0.909 bits per heavy atom. The lowest BCUT2D eigenvalue weighted by Crippen LogP contribution is -2.30. The van der Waals surface area contributed by atoms with E-state index in [9.17, 15) is 38.2 Å². The van der Waals surface area contributed by atoms with Gasteiger partial charge in [-0.25, -0.2) is 9.97 Å². The lowest BCUT2D eigenvalue weighted by atomic mass is 10.2. The second-order valence-electron chi connectivity index (χ2n) is 6.23. The van der Waals surface area contributed by atoms with E-state index in [2.05, 4.69) is 26.1 Å². The summed E-state index contributed by atoms with van der Waals surface area (Å²) in [7, 11) is 0. The number of nitro benzene ring substituents is 1. The van der Waals surface area contributed by atoms with E-state index in [1.54, 1.807) is 0 Å². The second-order valence-corrected chi connectivity index (χ2v) is 6.23. The van der Waals surface area contributed by atoms with Gasteiger partial charge in [0.2, 0.25) is 11.6 Å². The van der Waals surface area contributed by atoms with Gasteiger partial charge in [-0.15, -0.1) is 0 Å². The number of nitro groups is 2. The van der Waals surface area contributed by atoms with Crippen molar-refractivity contribution in [2.45, 2.75) is 6.18 Å². The molecule has 0 aliphatic rings. The molecular weight excluding hydrogens is 451 g/mol. The van der Waals surface area contributed by atoms with E-state index in [0.29, 0.717) is 0 Å². The lowest BCUT2D eigenvalue weighted by Gasteiger charge is -2.12. The van der Waals surface area contributed by atoms with Crippen LogP contribution >= 0.6 is 0 Å².